The minimum atomic E-state index is -0.470. The van der Waals surface area contributed by atoms with Gasteiger partial charge in [-0.2, -0.15) is 0 Å². The topological polar surface area (TPSA) is 84.7 Å². The molecular weight excluding hydrogens is 386 g/mol. The number of rotatable bonds is 6. The number of nitro groups is 1. The molecule has 0 spiro atoms. The average Bonchev–Trinajstić information content (AvgIpc) is 2.94. The highest BCUT2D eigenvalue weighted by Gasteiger charge is 2.31. The molecule has 9 heteroatoms. The van der Waals surface area contributed by atoms with E-state index in [0.29, 0.717) is 14.9 Å². The molecular formula is C18H15N3O4S2. The first kappa shape index (κ1) is 18.9. The Morgan fingerprint density at radius 1 is 1.30 bits per heavy atom. The number of ether oxygens (including phenoxy) is 1. The van der Waals surface area contributed by atoms with Gasteiger partial charge in [0, 0.05) is 17.8 Å². The Labute approximate surface area is 165 Å². The Morgan fingerprint density at radius 2 is 2.04 bits per heavy atom. The molecule has 1 amide bonds. The molecule has 0 atom stereocenters. The first-order chi connectivity index (χ1) is 13.0. The van der Waals surface area contributed by atoms with Gasteiger partial charge in [0.2, 0.25) is 0 Å². The predicted molar refractivity (Wildman–Crippen MR) is 110 cm³/mol. The van der Waals surface area contributed by atoms with Gasteiger partial charge < -0.3 is 10.1 Å². The minimum absolute atomic E-state index is 0.0233. The maximum absolute atomic E-state index is 12.6. The van der Waals surface area contributed by atoms with Gasteiger partial charge in [-0.05, 0) is 29.8 Å². The Hall–Kier alpha value is -2.91. The molecule has 0 aliphatic carbocycles. The highest BCUT2D eigenvalue weighted by Crippen LogP contribution is 2.32. The molecule has 1 saturated heterocycles. The van der Waals surface area contributed by atoms with Gasteiger partial charge in [-0.25, -0.2) is 0 Å². The van der Waals surface area contributed by atoms with E-state index in [2.05, 4.69) is 5.32 Å². The van der Waals surface area contributed by atoms with Crippen molar-refractivity contribution in [2.75, 3.05) is 19.1 Å². The van der Waals surface area contributed by atoms with Crippen molar-refractivity contribution in [3.8, 4) is 5.75 Å². The summed E-state index contributed by atoms with van der Waals surface area (Å²) < 4.78 is 5.55. The van der Waals surface area contributed by atoms with E-state index in [9.17, 15) is 14.9 Å². The summed E-state index contributed by atoms with van der Waals surface area (Å²) in [6.45, 7) is 0.131. The van der Waals surface area contributed by atoms with Gasteiger partial charge in [0.1, 0.15) is 10.1 Å². The summed E-state index contributed by atoms with van der Waals surface area (Å²) in [5.74, 6) is 0.527. The molecule has 1 aliphatic heterocycles. The van der Waals surface area contributed by atoms with Crippen molar-refractivity contribution in [3.63, 3.8) is 0 Å². The second-order valence-corrected chi connectivity index (χ2v) is 7.20. The third-order valence-corrected chi connectivity index (χ3v) is 5.16. The fraction of sp³-hybridized carbons (Fsp3) is 0.111. The molecule has 7 nitrogen and oxygen atoms in total. The number of anilines is 1. The normalized spacial score (nSPS) is 15.3. The number of benzene rings is 2. The number of nitro benzene ring substituents is 1. The molecule has 0 aromatic heterocycles. The van der Waals surface area contributed by atoms with Crippen LogP contribution in [0.1, 0.15) is 5.56 Å². The largest absolute Gasteiger partial charge is 0.497 e. The maximum atomic E-state index is 12.6. The van der Waals surface area contributed by atoms with E-state index in [1.54, 1.807) is 25.3 Å². The number of methoxy groups -OCH3 is 1. The third kappa shape index (κ3) is 4.44. The van der Waals surface area contributed by atoms with Crippen LogP contribution in [0, 0.1) is 10.1 Å². The van der Waals surface area contributed by atoms with Gasteiger partial charge in [0.15, 0.2) is 0 Å². The molecule has 27 heavy (non-hydrogen) atoms. The molecule has 0 radical (unpaired) electrons. The molecule has 2 aromatic rings. The van der Waals surface area contributed by atoms with Crippen LogP contribution in [0.5, 0.6) is 5.75 Å². The SMILES string of the molecule is COc1ccc(/C=C2/SC(=S)N(CNc3cccc([N+](=O)[O-])c3)C2=O)cc1. The summed E-state index contributed by atoms with van der Waals surface area (Å²) in [7, 11) is 1.59. The van der Waals surface area contributed by atoms with Crippen LogP contribution in [-0.2, 0) is 4.79 Å². The number of nitrogens with one attached hydrogen (secondary N) is 1. The summed E-state index contributed by atoms with van der Waals surface area (Å²) >= 11 is 6.51. The van der Waals surface area contributed by atoms with Crippen molar-refractivity contribution in [1.29, 1.82) is 0 Å². The van der Waals surface area contributed by atoms with Gasteiger partial charge in [-0.1, -0.05) is 42.2 Å². The number of thiocarbonyl (C=S) groups is 1. The zero-order valence-electron chi connectivity index (χ0n) is 14.2. The predicted octanol–water partition coefficient (Wildman–Crippen LogP) is 3.87. The molecule has 0 bridgehead atoms. The Bertz CT molecular complexity index is 928. The van der Waals surface area contributed by atoms with Crippen LogP contribution in [0.2, 0.25) is 0 Å². The summed E-state index contributed by atoms with van der Waals surface area (Å²) in [6.07, 6.45) is 1.77. The molecule has 1 fully saturated rings. The van der Waals surface area contributed by atoms with E-state index in [-0.39, 0.29) is 18.3 Å². The van der Waals surface area contributed by atoms with Crippen molar-refractivity contribution in [2.24, 2.45) is 0 Å². The summed E-state index contributed by atoms with van der Waals surface area (Å²) in [5, 5.41) is 13.8. The standard InChI is InChI=1S/C18H15N3O4S2/c1-25-15-7-5-12(6-8-15)9-16-17(22)20(18(26)27-16)11-19-13-3-2-4-14(10-13)21(23)24/h2-10,19H,11H2,1H3/b16-9+. The first-order valence-electron chi connectivity index (χ1n) is 7.85. The monoisotopic (exact) mass is 401 g/mol. The molecule has 1 N–H and O–H groups in total. The molecule has 2 aromatic carbocycles. The van der Waals surface area contributed by atoms with Crippen molar-refractivity contribution >= 4 is 51.7 Å². The highest BCUT2D eigenvalue weighted by atomic mass is 32.2. The average molecular weight is 401 g/mol. The number of hydrogen-bond donors (Lipinski definition) is 1. The smallest absolute Gasteiger partial charge is 0.271 e. The van der Waals surface area contributed by atoms with Crippen molar-refractivity contribution in [3.05, 3.63) is 69.1 Å². The summed E-state index contributed by atoms with van der Waals surface area (Å²) in [5.41, 5.74) is 1.38. The quantitative estimate of drug-likeness (QED) is 0.340. The number of carbonyl (C=O) groups is 1. The van der Waals surface area contributed by atoms with Crippen molar-refractivity contribution in [2.45, 2.75) is 0 Å². The Balaban J connectivity index is 1.69. The second-order valence-electron chi connectivity index (χ2n) is 5.53. The molecule has 0 unspecified atom stereocenters. The van der Waals surface area contributed by atoms with Crippen LogP contribution >= 0.6 is 24.0 Å². The van der Waals surface area contributed by atoms with Gasteiger partial charge in [-0.15, -0.1) is 0 Å². The fourth-order valence-corrected chi connectivity index (χ4v) is 3.64. The molecule has 138 valence electrons. The Kier molecular flexibility index (Phi) is 5.72. The fourth-order valence-electron chi connectivity index (χ4n) is 2.39. The van der Waals surface area contributed by atoms with E-state index in [0.717, 1.165) is 11.3 Å². The number of nitrogens with zero attached hydrogens (tertiary/aromatic N) is 2. The number of amides is 1. The van der Waals surface area contributed by atoms with Gasteiger partial charge in [-0.3, -0.25) is 19.8 Å². The lowest BCUT2D eigenvalue weighted by molar-refractivity contribution is -0.384. The van der Waals surface area contributed by atoms with Crippen molar-refractivity contribution < 1.29 is 14.5 Å². The number of thioether (sulfide) groups is 1. The lowest BCUT2D eigenvalue weighted by Gasteiger charge is -2.16. The summed E-state index contributed by atoms with van der Waals surface area (Å²) in [6, 6.07) is 13.4. The van der Waals surface area contributed by atoms with Crippen LogP contribution < -0.4 is 10.1 Å². The van der Waals surface area contributed by atoms with Crippen LogP contribution in [-0.4, -0.2) is 33.8 Å². The molecule has 0 saturated carbocycles. The second kappa shape index (κ2) is 8.19. The number of carbonyl (C=O) groups excluding carboxylic acids is 1. The lowest BCUT2D eigenvalue weighted by atomic mass is 10.2. The number of non-ortho nitro benzene ring substituents is 1. The first-order valence-corrected chi connectivity index (χ1v) is 9.08. The van der Waals surface area contributed by atoms with Crippen molar-refractivity contribution in [1.82, 2.24) is 4.90 Å². The van der Waals surface area contributed by atoms with E-state index >= 15 is 0 Å². The van der Waals surface area contributed by atoms with Gasteiger partial charge >= 0.3 is 0 Å². The molecule has 1 aliphatic rings. The van der Waals surface area contributed by atoms with Crippen LogP contribution in [0.3, 0.4) is 0 Å². The van der Waals surface area contributed by atoms with Gasteiger partial charge in [0.05, 0.1) is 23.6 Å². The van der Waals surface area contributed by atoms with Gasteiger partial charge in [0.25, 0.3) is 11.6 Å². The Morgan fingerprint density at radius 3 is 2.70 bits per heavy atom. The zero-order chi connectivity index (χ0) is 19.4. The molecule has 1 heterocycles. The van der Waals surface area contributed by atoms with Crippen LogP contribution in [0.4, 0.5) is 11.4 Å². The number of hydrogen-bond acceptors (Lipinski definition) is 7. The van der Waals surface area contributed by atoms with E-state index in [4.69, 9.17) is 17.0 Å². The van der Waals surface area contributed by atoms with E-state index in [1.165, 1.54) is 28.8 Å². The third-order valence-electron chi connectivity index (χ3n) is 3.79. The zero-order valence-corrected chi connectivity index (χ0v) is 15.9. The molecule has 3 rings (SSSR count). The highest BCUT2D eigenvalue weighted by molar-refractivity contribution is 8.26. The lowest BCUT2D eigenvalue weighted by Crippen LogP contribution is -2.33. The van der Waals surface area contributed by atoms with Crippen LogP contribution in [0.25, 0.3) is 6.08 Å². The van der Waals surface area contributed by atoms with Crippen LogP contribution in [0.15, 0.2) is 53.4 Å². The van der Waals surface area contributed by atoms with E-state index < -0.39 is 4.92 Å². The summed E-state index contributed by atoms with van der Waals surface area (Å²) in [4.78, 5) is 24.9. The minimum Gasteiger partial charge on any atom is -0.497 e. The maximum Gasteiger partial charge on any atom is 0.271 e. The van der Waals surface area contributed by atoms with E-state index in [1.807, 2.05) is 24.3 Å².